The quantitative estimate of drug-likeness (QED) is 0.122. The second-order valence-electron chi connectivity index (χ2n) is 9.73. The molecule has 1 unspecified atom stereocenters. The molecule has 0 aromatic carbocycles. The van der Waals surface area contributed by atoms with Crippen molar-refractivity contribution in [2.24, 2.45) is 17.8 Å². The van der Waals surface area contributed by atoms with Crippen molar-refractivity contribution in [1.82, 2.24) is 0 Å². The van der Waals surface area contributed by atoms with E-state index in [-0.39, 0.29) is 41.8 Å². The van der Waals surface area contributed by atoms with Gasteiger partial charge in [-0.25, -0.2) is 0 Å². The van der Waals surface area contributed by atoms with Crippen molar-refractivity contribution < 1.29 is 24.2 Å². The molecular formula is C27H43ClO5. The van der Waals surface area contributed by atoms with E-state index in [0.29, 0.717) is 18.8 Å². The van der Waals surface area contributed by atoms with Gasteiger partial charge in [-0.1, -0.05) is 51.3 Å². The van der Waals surface area contributed by atoms with Crippen molar-refractivity contribution in [3.05, 3.63) is 24.3 Å². The van der Waals surface area contributed by atoms with E-state index < -0.39 is 5.97 Å². The summed E-state index contributed by atoms with van der Waals surface area (Å²) in [4.78, 5) is 23.3. The maximum absolute atomic E-state index is 12.6. The highest BCUT2D eigenvalue weighted by Gasteiger charge is 2.42. The molecule has 0 radical (unpaired) electrons. The monoisotopic (exact) mass is 482 g/mol. The van der Waals surface area contributed by atoms with E-state index in [1.54, 1.807) is 6.08 Å². The van der Waals surface area contributed by atoms with Gasteiger partial charge in [-0.15, -0.1) is 11.6 Å². The number of hydrogen-bond donors (Lipinski definition) is 1. The molecule has 1 aliphatic heterocycles. The zero-order valence-corrected chi connectivity index (χ0v) is 21.2. The fourth-order valence-corrected chi connectivity index (χ4v) is 5.28. The van der Waals surface area contributed by atoms with Crippen molar-refractivity contribution in [3.63, 3.8) is 0 Å². The Bertz CT molecular complexity index is 640. The van der Waals surface area contributed by atoms with Crippen LogP contribution in [-0.2, 0) is 19.1 Å². The Morgan fingerprint density at radius 3 is 2.76 bits per heavy atom. The molecule has 1 heterocycles. The van der Waals surface area contributed by atoms with Gasteiger partial charge in [0.25, 0.3) is 0 Å². The van der Waals surface area contributed by atoms with Gasteiger partial charge < -0.3 is 14.6 Å². The van der Waals surface area contributed by atoms with Crippen molar-refractivity contribution in [1.29, 1.82) is 0 Å². The summed E-state index contributed by atoms with van der Waals surface area (Å²) in [6.45, 7) is 5.06. The first-order valence-electron chi connectivity index (χ1n) is 12.9. The molecule has 33 heavy (non-hydrogen) atoms. The summed E-state index contributed by atoms with van der Waals surface area (Å²) in [5, 5.41) is 8.74. The van der Waals surface area contributed by atoms with Gasteiger partial charge >= 0.3 is 5.97 Å². The molecule has 0 amide bonds. The maximum Gasteiger partial charge on any atom is 0.303 e. The third-order valence-corrected chi connectivity index (χ3v) is 7.25. The van der Waals surface area contributed by atoms with Crippen LogP contribution in [0.4, 0.5) is 0 Å². The Morgan fingerprint density at radius 2 is 2.06 bits per heavy atom. The van der Waals surface area contributed by atoms with Crippen LogP contribution in [0.15, 0.2) is 24.3 Å². The first-order chi connectivity index (χ1) is 15.9. The number of ether oxygens (including phenoxy) is 2. The number of hydrogen-bond acceptors (Lipinski definition) is 4. The number of halogens is 1. The van der Waals surface area contributed by atoms with Gasteiger partial charge in [0.2, 0.25) is 0 Å². The number of carbonyl (C=O) groups excluding carboxylic acids is 1. The Labute approximate surface area is 204 Å². The molecule has 1 N–H and O–H groups in total. The molecule has 188 valence electrons. The highest BCUT2D eigenvalue weighted by molar-refractivity contribution is 6.21. The summed E-state index contributed by atoms with van der Waals surface area (Å²) in [5.74, 6) is 0.0592. The van der Waals surface area contributed by atoms with E-state index in [2.05, 4.69) is 19.9 Å². The van der Waals surface area contributed by atoms with Gasteiger partial charge in [0.05, 0.1) is 6.10 Å². The van der Waals surface area contributed by atoms with Crippen molar-refractivity contribution >= 4 is 23.4 Å². The molecule has 0 spiro atoms. The Balaban J connectivity index is 1.99. The van der Waals surface area contributed by atoms with E-state index >= 15 is 0 Å². The minimum atomic E-state index is -0.760. The van der Waals surface area contributed by atoms with Crippen LogP contribution >= 0.6 is 11.6 Å². The van der Waals surface area contributed by atoms with E-state index in [1.165, 1.54) is 0 Å². The summed E-state index contributed by atoms with van der Waals surface area (Å²) in [5.41, 5.74) is 0. The Kier molecular flexibility index (Phi) is 13.3. The topological polar surface area (TPSA) is 72.8 Å². The lowest BCUT2D eigenvalue weighted by molar-refractivity contribution is -0.192. The lowest BCUT2D eigenvalue weighted by Gasteiger charge is -2.29. The normalized spacial score (nSPS) is 29.1. The number of alkyl halides is 1. The first kappa shape index (κ1) is 28.1. The average Bonchev–Trinajstić information content (AvgIpc) is 3.07. The van der Waals surface area contributed by atoms with E-state index in [4.69, 9.17) is 26.2 Å². The summed E-state index contributed by atoms with van der Waals surface area (Å²) in [7, 11) is 0. The summed E-state index contributed by atoms with van der Waals surface area (Å²) in [6.07, 6.45) is 17.9. The second kappa shape index (κ2) is 15.7. The third kappa shape index (κ3) is 10.7. The summed E-state index contributed by atoms with van der Waals surface area (Å²) < 4.78 is 12.1. The number of carbonyl (C=O) groups is 2. The number of allylic oxidation sites excluding steroid dienone is 3. The van der Waals surface area contributed by atoms with Gasteiger partial charge in [-0.2, -0.15) is 0 Å². The highest BCUT2D eigenvalue weighted by atomic mass is 35.5. The molecule has 2 aliphatic rings. The smallest absolute Gasteiger partial charge is 0.303 e. The predicted octanol–water partition coefficient (Wildman–Crippen LogP) is 6.68. The van der Waals surface area contributed by atoms with Crippen LogP contribution in [-0.4, -0.2) is 41.2 Å². The van der Waals surface area contributed by atoms with Crippen LogP contribution in [0.5, 0.6) is 0 Å². The van der Waals surface area contributed by atoms with Crippen LogP contribution < -0.4 is 0 Å². The van der Waals surface area contributed by atoms with Crippen LogP contribution in [0.25, 0.3) is 0 Å². The molecule has 1 aliphatic carbocycles. The lowest BCUT2D eigenvalue weighted by Crippen LogP contribution is -2.30. The zero-order valence-electron chi connectivity index (χ0n) is 20.4. The third-order valence-electron chi connectivity index (χ3n) is 6.75. The van der Waals surface area contributed by atoms with Crippen molar-refractivity contribution in [2.75, 3.05) is 6.61 Å². The Morgan fingerprint density at radius 1 is 1.24 bits per heavy atom. The predicted molar refractivity (Wildman–Crippen MR) is 132 cm³/mol. The fraction of sp³-hybridized carbons (Fsp3) is 0.778. The van der Waals surface area contributed by atoms with Crippen molar-refractivity contribution in [2.45, 2.75) is 109 Å². The van der Waals surface area contributed by atoms with Gasteiger partial charge in [-0.05, 0) is 62.9 Å². The molecule has 0 bridgehead atoms. The number of rotatable bonds is 15. The second-order valence-corrected chi connectivity index (χ2v) is 10.3. The molecule has 1 saturated heterocycles. The standard InChI is InChI=1S/C27H43ClO5/c1-3-4-11-20(2)18-21(29)15-16-23-22(12-7-5-6-8-13-26(30)31)24(28)19-25(23)33-27-14-9-10-17-32-27/h5,7,15-16,20,22-25,27H,3-4,6,8-14,17-19H2,1-2H3,(H,30,31)/t20-,22+,23+,24+,25+,27?/m0/s1. The highest BCUT2D eigenvalue weighted by Crippen LogP contribution is 2.42. The maximum atomic E-state index is 12.6. The van der Waals surface area contributed by atoms with E-state index in [9.17, 15) is 9.59 Å². The average molecular weight is 483 g/mol. The number of unbranched alkanes of at least 4 members (excludes halogenated alkanes) is 2. The first-order valence-corrected chi connectivity index (χ1v) is 13.3. The van der Waals surface area contributed by atoms with E-state index in [0.717, 1.165) is 64.4 Å². The van der Waals surface area contributed by atoms with Gasteiger partial charge in [-0.3, -0.25) is 9.59 Å². The van der Waals surface area contributed by atoms with Gasteiger partial charge in [0.1, 0.15) is 0 Å². The molecule has 1 saturated carbocycles. The molecule has 0 aromatic rings. The molecule has 2 fully saturated rings. The fourth-order valence-electron chi connectivity index (χ4n) is 4.83. The molecule has 6 atom stereocenters. The SMILES string of the molecule is CCCC[C@H](C)CC(=O)C=C[C@@H]1[C@@H](CC=CCCCC(=O)O)[C@H](Cl)C[C@H]1OC1CCCCO1. The minimum absolute atomic E-state index is 0.0320. The summed E-state index contributed by atoms with van der Waals surface area (Å²) >= 11 is 6.77. The largest absolute Gasteiger partial charge is 0.481 e. The molecular weight excluding hydrogens is 440 g/mol. The van der Waals surface area contributed by atoms with Crippen LogP contribution in [0, 0.1) is 17.8 Å². The van der Waals surface area contributed by atoms with Crippen LogP contribution in [0.2, 0.25) is 0 Å². The number of ketones is 1. The lowest BCUT2D eigenvalue weighted by atomic mass is 9.90. The molecule has 0 aromatic heterocycles. The van der Waals surface area contributed by atoms with Gasteiger partial charge in [0.15, 0.2) is 12.1 Å². The molecule has 5 nitrogen and oxygen atoms in total. The number of carboxylic acids is 1. The number of carboxylic acid groups (broad SMARTS) is 1. The molecule has 2 rings (SSSR count). The minimum Gasteiger partial charge on any atom is -0.481 e. The van der Waals surface area contributed by atoms with E-state index in [1.807, 2.05) is 12.2 Å². The summed E-state index contributed by atoms with van der Waals surface area (Å²) in [6, 6.07) is 0. The van der Waals surface area contributed by atoms with Crippen molar-refractivity contribution in [3.8, 4) is 0 Å². The number of aliphatic carboxylic acids is 1. The van der Waals surface area contributed by atoms with Crippen LogP contribution in [0.3, 0.4) is 0 Å². The Hall–Kier alpha value is -1.17. The zero-order chi connectivity index (χ0) is 24.1. The molecule has 6 heteroatoms. The van der Waals surface area contributed by atoms with Gasteiger partial charge in [0, 0.05) is 30.7 Å². The van der Waals surface area contributed by atoms with Crippen LogP contribution in [0.1, 0.15) is 90.9 Å².